The number of piperidine rings is 1. The van der Waals surface area contributed by atoms with Gasteiger partial charge in [-0.25, -0.2) is 4.79 Å². The molecule has 3 amide bonds. The Bertz CT molecular complexity index is 1220. The number of anilines is 1. The molecular weight excluding hydrogens is 486 g/mol. The Morgan fingerprint density at radius 3 is 2.55 bits per heavy atom. The fourth-order valence-corrected chi connectivity index (χ4v) is 4.40. The number of nitrogens with zero attached hydrogens (tertiary/aromatic N) is 1. The molecule has 1 aliphatic heterocycles. The average Bonchev–Trinajstić information content (AvgIpc) is 2.83. The average molecular weight is 524 g/mol. The van der Waals surface area contributed by atoms with E-state index in [0.717, 1.165) is 19.3 Å². The largest absolute Gasteiger partial charge is 0.508 e. The lowest BCUT2D eigenvalue weighted by atomic mass is 9.99. The molecule has 2 aromatic carbocycles. The van der Waals surface area contributed by atoms with Crippen molar-refractivity contribution in [3.8, 4) is 5.75 Å². The predicted molar refractivity (Wildman–Crippen MR) is 146 cm³/mol. The van der Waals surface area contributed by atoms with Gasteiger partial charge in [-0.2, -0.15) is 0 Å². The van der Waals surface area contributed by atoms with Gasteiger partial charge in [-0.15, -0.1) is 0 Å². The van der Waals surface area contributed by atoms with E-state index in [4.69, 9.17) is 15.9 Å². The van der Waals surface area contributed by atoms with Crippen molar-refractivity contribution in [3.05, 3.63) is 58.7 Å². The summed E-state index contributed by atoms with van der Waals surface area (Å²) in [6, 6.07) is 9.38. The summed E-state index contributed by atoms with van der Waals surface area (Å²) in [6.07, 6.45) is 2.03. The summed E-state index contributed by atoms with van der Waals surface area (Å²) < 4.78 is 5.32. The topological polar surface area (TPSA) is 158 Å². The Morgan fingerprint density at radius 2 is 1.89 bits per heavy atom. The van der Waals surface area contributed by atoms with E-state index in [1.807, 2.05) is 6.92 Å². The molecule has 0 bridgehead atoms. The SMILES string of the molecule is Cc1cc(NC(=O)Cc2cc(C(=N)N)ccc2O)ccc1C(=O)N1CCCCC1CNC(=O)OC(C)(C)C. The minimum atomic E-state index is -0.598. The first-order valence-corrected chi connectivity index (χ1v) is 12.7. The Labute approximate surface area is 223 Å². The Kier molecular flexibility index (Phi) is 8.98. The number of nitrogen functional groups attached to an aromatic ring is 1. The number of carbonyl (C=O) groups excluding carboxylic acids is 3. The number of amides is 3. The van der Waals surface area contributed by atoms with Gasteiger partial charge in [0.05, 0.1) is 6.42 Å². The normalized spacial score (nSPS) is 15.5. The third-order valence-corrected chi connectivity index (χ3v) is 6.25. The standard InChI is InChI=1S/C28H37N5O5/c1-17-13-20(32-24(35)15-19-14-18(25(29)30)8-11-23(19)34)9-10-22(17)26(36)33-12-6-5-7-21(33)16-31-27(37)38-28(2,3)4/h8-11,13-14,21,34H,5-7,12,15-16H2,1-4H3,(H3,29,30)(H,31,37)(H,32,35). The van der Waals surface area contributed by atoms with Gasteiger partial charge in [0.15, 0.2) is 0 Å². The fraction of sp³-hybridized carbons (Fsp3) is 0.429. The molecule has 1 aliphatic rings. The number of amidine groups is 1. The van der Waals surface area contributed by atoms with E-state index >= 15 is 0 Å². The fourth-order valence-electron chi connectivity index (χ4n) is 4.40. The molecule has 0 radical (unpaired) electrons. The number of nitrogens with one attached hydrogen (secondary N) is 3. The van der Waals surface area contributed by atoms with Crippen molar-refractivity contribution in [1.82, 2.24) is 10.2 Å². The van der Waals surface area contributed by atoms with Crippen molar-refractivity contribution in [2.75, 3.05) is 18.4 Å². The number of aromatic hydroxyl groups is 1. The first-order valence-electron chi connectivity index (χ1n) is 12.7. The van der Waals surface area contributed by atoms with E-state index in [9.17, 15) is 19.5 Å². The number of likely N-dealkylation sites (tertiary alicyclic amines) is 1. The van der Waals surface area contributed by atoms with Crippen molar-refractivity contribution in [2.24, 2.45) is 5.73 Å². The van der Waals surface area contributed by atoms with Crippen LogP contribution in [0.4, 0.5) is 10.5 Å². The van der Waals surface area contributed by atoms with Crippen molar-refractivity contribution in [2.45, 2.75) is 65.0 Å². The molecule has 1 unspecified atom stereocenters. The highest BCUT2D eigenvalue weighted by atomic mass is 16.6. The van der Waals surface area contributed by atoms with Gasteiger partial charge < -0.3 is 31.1 Å². The number of rotatable bonds is 7. The highest BCUT2D eigenvalue weighted by Crippen LogP contribution is 2.24. The number of alkyl carbamates (subject to hydrolysis) is 1. The quantitative estimate of drug-likeness (QED) is 0.275. The van der Waals surface area contributed by atoms with Crippen LogP contribution in [0.5, 0.6) is 5.75 Å². The van der Waals surface area contributed by atoms with E-state index in [1.165, 1.54) is 18.2 Å². The lowest BCUT2D eigenvalue weighted by Crippen LogP contribution is -2.50. The summed E-state index contributed by atoms with van der Waals surface area (Å²) in [4.78, 5) is 40.0. The van der Waals surface area contributed by atoms with Crippen molar-refractivity contribution >= 4 is 29.4 Å². The van der Waals surface area contributed by atoms with Crippen LogP contribution in [0.2, 0.25) is 0 Å². The number of nitrogens with two attached hydrogens (primary N) is 1. The number of carbonyl (C=O) groups is 3. The second kappa shape index (κ2) is 12.0. The third-order valence-electron chi connectivity index (χ3n) is 6.25. The molecule has 1 atom stereocenters. The third kappa shape index (κ3) is 7.71. The lowest BCUT2D eigenvalue weighted by Gasteiger charge is -2.36. The zero-order chi connectivity index (χ0) is 28.0. The summed E-state index contributed by atoms with van der Waals surface area (Å²) in [6.45, 7) is 8.12. The molecular formula is C28H37N5O5. The molecule has 38 heavy (non-hydrogen) atoms. The van der Waals surface area contributed by atoms with Crippen LogP contribution in [0.15, 0.2) is 36.4 Å². The maximum atomic E-state index is 13.4. The van der Waals surface area contributed by atoms with Gasteiger partial charge >= 0.3 is 6.09 Å². The van der Waals surface area contributed by atoms with Crippen molar-refractivity contribution < 1.29 is 24.2 Å². The van der Waals surface area contributed by atoms with Crippen molar-refractivity contribution in [1.29, 1.82) is 5.41 Å². The number of phenolic OH excluding ortho intramolecular Hbond substituents is 1. The molecule has 1 saturated heterocycles. The van der Waals surface area contributed by atoms with Gasteiger partial charge in [0.2, 0.25) is 5.91 Å². The molecule has 0 aromatic heterocycles. The summed E-state index contributed by atoms with van der Waals surface area (Å²) in [5.41, 5.74) is 7.43. The number of hydrogen-bond donors (Lipinski definition) is 5. The highest BCUT2D eigenvalue weighted by molar-refractivity contribution is 5.98. The van der Waals surface area contributed by atoms with Crippen LogP contribution in [-0.2, 0) is 16.0 Å². The molecule has 0 aliphatic carbocycles. The Balaban J connectivity index is 1.65. The molecule has 10 heteroatoms. The molecule has 1 fully saturated rings. The van der Waals surface area contributed by atoms with Gasteiger partial charge in [-0.1, -0.05) is 0 Å². The molecule has 3 rings (SSSR count). The summed E-state index contributed by atoms with van der Waals surface area (Å²) >= 11 is 0. The van der Waals surface area contributed by atoms with Gasteiger partial charge in [0.25, 0.3) is 5.91 Å². The summed E-state index contributed by atoms with van der Waals surface area (Å²) in [5.74, 6) is -0.690. The van der Waals surface area contributed by atoms with Gasteiger partial charge in [-0.3, -0.25) is 15.0 Å². The van der Waals surface area contributed by atoms with E-state index in [0.29, 0.717) is 41.0 Å². The van der Waals surface area contributed by atoms with Crippen LogP contribution in [0.1, 0.15) is 67.1 Å². The molecule has 0 saturated carbocycles. The highest BCUT2D eigenvalue weighted by Gasteiger charge is 2.29. The van der Waals surface area contributed by atoms with Crippen molar-refractivity contribution in [3.63, 3.8) is 0 Å². The minimum absolute atomic E-state index is 0.0560. The number of benzene rings is 2. The minimum Gasteiger partial charge on any atom is -0.508 e. The summed E-state index contributed by atoms with van der Waals surface area (Å²) in [7, 11) is 0. The van der Waals surface area contributed by atoms with Crippen LogP contribution < -0.4 is 16.4 Å². The molecule has 1 heterocycles. The van der Waals surface area contributed by atoms with E-state index < -0.39 is 11.7 Å². The van der Waals surface area contributed by atoms with Crippen LogP contribution >= 0.6 is 0 Å². The van der Waals surface area contributed by atoms with E-state index in [-0.39, 0.29) is 35.9 Å². The van der Waals surface area contributed by atoms with Crippen LogP contribution in [0, 0.1) is 12.3 Å². The second-order valence-electron chi connectivity index (χ2n) is 10.5. The zero-order valence-corrected chi connectivity index (χ0v) is 22.4. The number of phenols is 1. The Morgan fingerprint density at radius 1 is 1.16 bits per heavy atom. The first kappa shape index (κ1) is 28.5. The van der Waals surface area contributed by atoms with Gasteiger partial charge in [0, 0.05) is 41.5 Å². The number of aryl methyl sites for hydroxylation is 1. The predicted octanol–water partition coefficient (Wildman–Crippen LogP) is 3.69. The lowest BCUT2D eigenvalue weighted by molar-refractivity contribution is -0.115. The smallest absolute Gasteiger partial charge is 0.407 e. The van der Waals surface area contributed by atoms with Crippen LogP contribution in [0.25, 0.3) is 0 Å². The molecule has 6 N–H and O–H groups in total. The molecule has 0 spiro atoms. The molecule has 2 aromatic rings. The monoisotopic (exact) mass is 523 g/mol. The van der Waals surface area contributed by atoms with E-state index in [2.05, 4.69) is 10.6 Å². The maximum Gasteiger partial charge on any atom is 0.407 e. The Hall–Kier alpha value is -4.08. The first-order chi connectivity index (χ1) is 17.8. The summed E-state index contributed by atoms with van der Waals surface area (Å²) in [5, 5.41) is 23.2. The molecule has 204 valence electrons. The second-order valence-corrected chi connectivity index (χ2v) is 10.5. The van der Waals surface area contributed by atoms with Gasteiger partial charge in [-0.05, 0) is 88.9 Å². The number of hydrogen-bond acceptors (Lipinski definition) is 6. The molecule has 10 nitrogen and oxygen atoms in total. The number of ether oxygens (including phenoxy) is 1. The zero-order valence-electron chi connectivity index (χ0n) is 22.4. The van der Waals surface area contributed by atoms with Gasteiger partial charge in [0.1, 0.15) is 17.2 Å². The van der Waals surface area contributed by atoms with Crippen LogP contribution in [0.3, 0.4) is 0 Å². The maximum absolute atomic E-state index is 13.4. The van der Waals surface area contributed by atoms with E-state index in [1.54, 1.807) is 43.9 Å². The van der Waals surface area contributed by atoms with Crippen LogP contribution in [-0.4, -0.2) is 58.5 Å².